The van der Waals surface area contributed by atoms with Gasteiger partial charge in [-0.25, -0.2) is 0 Å². The molecular formula is C8H19Cl2NSi. The fourth-order valence-corrected chi connectivity index (χ4v) is 5.52. The second kappa shape index (κ2) is 5.48. The van der Waals surface area contributed by atoms with E-state index in [9.17, 15) is 0 Å². The van der Waals surface area contributed by atoms with Crippen molar-refractivity contribution in [2.45, 2.75) is 39.7 Å². The van der Waals surface area contributed by atoms with Gasteiger partial charge < -0.3 is 4.57 Å². The average Bonchev–Trinajstić information content (AvgIpc) is 2.04. The van der Waals surface area contributed by atoms with Crippen LogP contribution in [0.25, 0.3) is 0 Å². The van der Waals surface area contributed by atoms with Crippen LogP contribution in [0, 0.1) is 0 Å². The van der Waals surface area contributed by atoms with E-state index in [0.29, 0.717) is 5.54 Å². The minimum atomic E-state index is -2.16. The lowest BCUT2D eigenvalue weighted by atomic mass is 10.4. The first kappa shape index (κ1) is 12.8. The van der Waals surface area contributed by atoms with Crippen LogP contribution in [-0.4, -0.2) is 24.5 Å². The maximum Gasteiger partial charge on any atom is 0.327 e. The Morgan fingerprint density at radius 2 is 1.58 bits per heavy atom. The van der Waals surface area contributed by atoms with Gasteiger partial charge in [0.05, 0.1) is 0 Å². The molecule has 0 amide bonds. The van der Waals surface area contributed by atoms with Crippen molar-refractivity contribution in [2.75, 3.05) is 13.1 Å². The second-order valence-corrected chi connectivity index (χ2v) is 9.90. The van der Waals surface area contributed by atoms with Gasteiger partial charge in [-0.3, -0.25) is 0 Å². The van der Waals surface area contributed by atoms with Gasteiger partial charge in [-0.05, 0) is 18.6 Å². The van der Waals surface area contributed by atoms with E-state index in [-0.39, 0.29) is 0 Å². The standard InChI is InChI=1S/C8H19Cl2NSi/c1-5-8(4)12(9,10)11(6-2)7-3/h8H,5-7H2,1-4H3. The fourth-order valence-electron chi connectivity index (χ4n) is 1.20. The minimum absolute atomic E-state index is 0.445. The van der Waals surface area contributed by atoms with E-state index in [1.54, 1.807) is 0 Å². The van der Waals surface area contributed by atoms with Crippen LogP contribution in [0.5, 0.6) is 0 Å². The number of rotatable bonds is 5. The quantitative estimate of drug-likeness (QED) is 0.514. The van der Waals surface area contributed by atoms with Crippen molar-refractivity contribution in [3.8, 4) is 0 Å². The third-order valence-corrected chi connectivity index (χ3v) is 9.13. The Morgan fingerprint density at radius 1 is 1.17 bits per heavy atom. The molecule has 1 nitrogen and oxygen atoms in total. The number of hydrogen-bond donors (Lipinski definition) is 0. The van der Waals surface area contributed by atoms with Gasteiger partial charge in [0, 0.05) is 0 Å². The van der Waals surface area contributed by atoms with Gasteiger partial charge in [-0.2, -0.15) is 0 Å². The van der Waals surface area contributed by atoms with Gasteiger partial charge in [0.25, 0.3) is 0 Å². The van der Waals surface area contributed by atoms with Crippen molar-refractivity contribution in [3.63, 3.8) is 0 Å². The number of halogens is 2. The molecule has 0 fully saturated rings. The summed E-state index contributed by atoms with van der Waals surface area (Å²) in [5, 5.41) is 0. The third-order valence-electron chi connectivity index (χ3n) is 2.39. The summed E-state index contributed by atoms with van der Waals surface area (Å²) in [5.41, 5.74) is 0.445. The Hall–Kier alpha value is 0.757. The highest BCUT2D eigenvalue weighted by molar-refractivity contribution is 7.44. The summed E-state index contributed by atoms with van der Waals surface area (Å²) < 4.78 is 2.21. The summed E-state index contributed by atoms with van der Waals surface area (Å²) >= 11 is 12.8. The molecule has 0 N–H and O–H groups in total. The van der Waals surface area contributed by atoms with Crippen LogP contribution < -0.4 is 0 Å². The van der Waals surface area contributed by atoms with Gasteiger partial charge in [0.1, 0.15) is 0 Å². The molecule has 74 valence electrons. The molecule has 0 bridgehead atoms. The Kier molecular flexibility index (Phi) is 5.82. The molecule has 0 aliphatic carbocycles. The van der Waals surface area contributed by atoms with E-state index in [2.05, 4.69) is 32.3 Å². The molecule has 0 aromatic carbocycles. The first-order chi connectivity index (χ1) is 5.50. The summed E-state index contributed by atoms with van der Waals surface area (Å²) in [7, 11) is 0. The number of nitrogens with zero attached hydrogens (tertiary/aromatic N) is 1. The van der Waals surface area contributed by atoms with Crippen molar-refractivity contribution in [1.82, 2.24) is 4.57 Å². The van der Waals surface area contributed by atoms with Crippen molar-refractivity contribution < 1.29 is 0 Å². The largest absolute Gasteiger partial charge is 0.327 e. The Labute approximate surface area is 86.5 Å². The van der Waals surface area contributed by atoms with Crippen molar-refractivity contribution in [1.29, 1.82) is 0 Å². The highest BCUT2D eigenvalue weighted by Crippen LogP contribution is 2.34. The maximum atomic E-state index is 6.38. The summed E-state index contributed by atoms with van der Waals surface area (Å²) in [6.07, 6.45) is 1.07. The Balaban J connectivity index is 4.33. The van der Waals surface area contributed by atoms with Crippen LogP contribution in [0.3, 0.4) is 0 Å². The van der Waals surface area contributed by atoms with Gasteiger partial charge in [-0.1, -0.05) is 34.1 Å². The molecule has 0 aromatic rings. The Morgan fingerprint density at radius 3 is 1.83 bits per heavy atom. The molecule has 0 aliphatic heterocycles. The van der Waals surface area contributed by atoms with Gasteiger partial charge in [-0.15, -0.1) is 22.2 Å². The van der Waals surface area contributed by atoms with Gasteiger partial charge >= 0.3 is 6.86 Å². The van der Waals surface area contributed by atoms with Crippen LogP contribution >= 0.6 is 22.2 Å². The average molecular weight is 228 g/mol. The van der Waals surface area contributed by atoms with Crippen LogP contribution in [0.4, 0.5) is 0 Å². The van der Waals surface area contributed by atoms with E-state index in [1.807, 2.05) is 0 Å². The molecule has 0 aliphatic rings. The Bertz CT molecular complexity index is 126. The predicted molar refractivity (Wildman–Crippen MR) is 60.1 cm³/mol. The van der Waals surface area contributed by atoms with E-state index < -0.39 is 6.86 Å². The van der Waals surface area contributed by atoms with Crippen molar-refractivity contribution in [2.24, 2.45) is 0 Å². The van der Waals surface area contributed by atoms with Crippen molar-refractivity contribution >= 4 is 29.0 Å². The lowest BCUT2D eigenvalue weighted by molar-refractivity contribution is 0.472. The zero-order valence-electron chi connectivity index (χ0n) is 8.40. The first-order valence-corrected chi connectivity index (χ1v) is 8.68. The second-order valence-electron chi connectivity index (χ2n) is 3.07. The summed E-state index contributed by atoms with van der Waals surface area (Å²) in [5.74, 6) is 0. The van der Waals surface area contributed by atoms with Crippen molar-refractivity contribution in [3.05, 3.63) is 0 Å². The lowest BCUT2D eigenvalue weighted by Crippen LogP contribution is -2.47. The van der Waals surface area contributed by atoms with E-state index >= 15 is 0 Å². The molecular weight excluding hydrogens is 209 g/mol. The van der Waals surface area contributed by atoms with Crippen LogP contribution in [0.2, 0.25) is 5.54 Å². The van der Waals surface area contributed by atoms with E-state index in [4.69, 9.17) is 22.2 Å². The predicted octanol–water partition coefficient (Wildman–Crippen LogP) is 3.54. The van der Waals surface area contributed by atoms with Gasteiger partial charge in [0.2, 0.25) is 0 Å². The molecule has 12 heavy (non-hydrogen) atoms. The maximum absolute atomic E-state index is 6.38. The molecule has 0 saturated heterocycles. The van der Waals surface area contributed by atoms with Crippen LogP contribution in [0.1, 0.15) is 34.1 Å². The summed E-state index contributed by atoms with van der Waals surface area (Å²) in [4.78, 5) is 0. The molecule has 1 unspecified atom stereocenters. The monoisotopic (exact) mass is 227 g/mol. The van der Waals surface area contributed by atoms with E-state index in [0.717, 1.165) is 19.5 Å². The third kappa shape index (κ3) is 2.91. The first-order valence-electron chi connectivity index (χ1n) is 4.63. The van der Waals surface area contributed by atoms with Gasteiger partial charge in [0.15, 0.2) is 0 Å². The molecule has 0 heterocycles. The fraction of sp³-hybridized carbons (Fsp3) is 1.00. The SMILES string of the molecule is CCC(C)[Si](Cl)(Cl)N(CC)CC. The van der Waals surface area contributed by atoms with Crippen LogP contribution in [-0.2, 0) is 0 Å². The lowest BCUT2D eigenvalue weighted by Gasteiger charge is -2.34. The molecule has 0 aromatic heterocycles. The van der Waals surface area contributed by atoms with E-state index in [1.165, 1.54) is 0 Å². The minimum Gasteiger partial charge on any atom is -0.300 e. The molecule has 1 atom stereocenters. The molecule has 0 radical (unpaired) electrons. The highest BCUT2D eigenvalue weighted by atomic mass is 35.7. The zero-order valence-corrected chi connectivity index (χ0v) is 10.9. The molecule has 0 spiro atoms. The highest BCUT2D eigenvalue weighted by Gasteiger charge is 2.39. The normalized spacial score (nSPS) is 15.2. The molecule has 0 rings (SSSR count). The topological polar surface area (TPSA) is 3.24 Å². The molecule has 4 heteroatoms. The van der Waals surface area contributed by atoms with Crippen LogP contribution in [0.15, 0.2) is 0 Å². The smallest absolute Gasteiger partial charge is 0.300 e. The zero-order chi connectivity index (χ0) is 9.78. The number of hydrogen-bond acceptors (Lipinski definition) is 1. The summed E-state index contributed by atoms with van der Waals surface area (Å²) in [6, 6.07) is 0. The summed E-state index contributed by atoms with van der Waals surface area (Å²) in [6.45, 7) is 8.26. The molecule has 0 saturated carbocycles.